The van der Waals surface area contributed by atoms with E-state index in [4.69, 9.17) is 0 Å². The molecule has 0 bridgehead atoms. The molecule has 1 saturated heterocycles. The van der Waals surface area contributed by atoms with Crippen molar-refractivity contribution in [2.75, 3.05) is 19.6 Å². The standard InChI is InChI=1S/C16H20N2O2/c1-12-4-2-3-5-13(12)10-15(19)17-8-9-18(14-6-7-14)16(20)11-17/h2-5,14H,6-11H2,1H3. The molecule has 2 amide bonds. The maximum atomic E-state index is 12.3. The van der Waals surface area contributed by atoms with E-state index in [1.54, 1.807) is 4.90 Å². The third-order valence-electron chi connectivity index (χ3n) is 4.20. The van der Waals surface area contributed by atoms with Crippen LogP contribution in [0.15, 0.2) is 24.3 Å². The van der Waals surface area contributed by atoms with E-state index in [0.29, 0.717) is 25.6 Å². The number of rotatable bonds is 3. The van der Waals surface area contributed by atoms with E-state index in [9.17, 15) is 9.59 Å². The van der Waals surface area contributed by atoms with Crippen LogP contribution in [0.4, 0.5) is 0 Å². The zero-order valence-electron chi connectivity index (χ0n) is 11.8. The summed E-state index contributed by atoms with van der Waals surface area (Å²) in [4.78, 5) is 28.0. The van der Waals surface area contributed by atoms with Crippen molar-refractivity contribution in [1.82, 2.24) is 9.80 Å². The van der Waals surface area contributed by atoms with Crippen LogP contribution in [-0.2, 0) is 16.0 Å². The molecule has 1 heterocycles. The SMILES string of the molecule is Cc1ccccc1CC(=O)N1CCN(C2CC2)C(=O)C1. The van der Waals surface area contributed by atoms with Crippen LogP contribution in [0.1, 0.15) is 24.0 Å². The summed E-state index contributed by atoms with van der Waals surface area (Å²) < 4.78 is 0. The molecule has 0 atom stereocenters. The van der Waals surface area contributed by atoms with Crippen molar-refractivity contribution in [3.8, 4) is 0 Å². The summed E-state index contributed by atoms with van der Waals surface area (Å²) in [7, 11) is 0. The smallest absolute Gasteiger partial charge is 0.242 e. The van der Waals surface area contributed by atoms with Crippen LogP contribution in [0.2, 0.25) is 0 Å². The van der Waals surface area contributed by atoms with Gasteiger partial charge in [0, 0.05) is 19.1 Å². The van der Waals surface area contributed by atoms with Crippen molar-refractivity contribution in [3.05, 3.63) is 35.4 Å². The van der Waals surface area contributed by atoms with Crippen LogP contribution < -0.4 is 0 Å². The van der Waals surface area contributed by atoms with Gasteiger partial charge >= 0.3 is 0 Å². The highest BCUT2D eigenvalue weighted by atomic mass is 16.2. The lowest BCUT2D eigenvalue weighted by Crippen LogP contribution is -2.53. The van der Waals surface area contributed by atoms with E-state index in [1.807, 2.05) is 36.1 Å². The third kappa shape index (κ3) is 2.69. The molecule has 0 N–H and O–H groups in total. The van der Waals surface area contributed by atoms with Gasteiger partial charge in [-0.1, -0.05) is 24.3 Å². The summed E-state index contributed by atoms with van der Waals surface area (Å²) in [6.45, 7) is 3.63. The topological polar surface area (TPSA) is 40.6 Å². The van der Waals surface area contributed by atoms with Crippen LogP contribution in [0.5, 0.6) is 0 Å². The van der Waals surface area contributed by atoms with Crippen molar-refractivity contribution in [1.29, 1.82) is 0 Å². The molecule has 3 rings (SSSR count). The molecule has 2 fully saturated rings. The van der Waals surface area contributed by atoms with Crippen LogP contribution in [0.25, 0.3) is 0 Å². The number of hydrogen-bond donors (Lipinski definition) is 0. The van der Waals surface area contributed by atoms with Gasteiger partial charge in [-0.3, -0.25) is 9.59 Å². The van der Waals surface area contributed by atoms with E-state index in [-0.39, 0.29) is 18.4 Å². The predicted octanol–water partition coefficient (Wildman–Crippen LogP) is 1.37. The Morgan fingerprint density at radius 3 is 2.65 bits per heavy atom. The largest absolute Gasteiger partial charge is 0.336 e. The molecule has 0 aromatic heterocycles. The molecule has 1 aromatic rings. The first-order valence-corrected chi connectivity index (χ1v) is 7.27. The molecule has 4 nitrogen and oxygen atoms in total. The number of carbonyl (C=O) groups excluding carboxylic acids is 2. The number of carbonyl (C=O) groups is 2. The molecule has 1 aromatic carbocycles. The molecule has 0 unspecified atom stereocenters. The Morgan fingerprint density at radius 1 is 1.25 bits per heavy atom. The van der Waals surface area contributed by atoms with Crippen molar-refractivity contribution in [3.63, 3.8) is 0 Å². The number of aryl methyl sites for hydroxylation is 1. The highest BCUT2D eigenvalue weighted by Crippen LogP contribution is 2.28. The van der Waals surface area contributed by atoms with E-state index < -0.39 is 0 Å². The van der Waals surface area contributed by atoms with Gasteiger partial charge in [-0.15, -0.1) is 0 Å². The zero-order valence-corrected chi connectivity index (χ0v) is 11.8. The Bertz CT molecular complexity index is 537. The fourth-order valence-corrected chi connectivity index (χ4v) is 2.75. The van der Waals surface area contributed by atoms with Crippen LogP contribution in [0.3, 0.4) is 0 Å². The van der Waals surface area contributed by atoms with Crippen molar-refractivity contribution >= 4 is 11.8 Å². The molecule has 0 radical (unpaired) electrons. The number of hydrogen-bond acceptors (Lipinski definition) is 2. The minimum Gasteiger partial charge on any atom is -0.336 e. The van der Waals surface area contributed by atoms with Gasteiger partial charge in [0.15, 0.2) is 0 Å². The monoisotopic (exact) mass is 272 g/mol. The molecule has 1 aliphatic carbocycles. The van der Waals surface area contributed by atoms with Crippen molar-refractivity contribution in [2.24, 2.45) is 0 Å². The second kappa shape index (κ2) is 5.27. The Kier molecular flexibility index (Phi) is 3.47. The minimum absolute atomic E-state index is 0.0584. The van der Waals surface area contributed by atoms with Gasteiger partial charge in [0.2, 0.25) is 11.8 Å². The van der Waals surface area contributed by atoms with E-state index in [0.717, 1.165) is 24.0 Å². The van der Waals surface area contributed by atoms with E-state index >= 15 is 0 Å². The summed E-state index contributed by atoms with van der Waals surface area (Å²) in [5.41, 5.74) is 2.18. The first-order valence-electron chi connectivity index (χ1n) is 7.27. The van der Waals surface area contributed by atoms with E-state index in [2.05, 4.69) is 0 Å². The molecule has 2 aliphatic rings. The average Bonchev–Trinajstić information content (AvgIpc) is 3.25. The second-order valence-electron chi connectivity index (χ2n) is 5.74. The summed E-state index contributed by atoms with van der Waals surface area (Å²) >= 11 is 0. The first-order chi connectivity index (χ1) is 9.65. The highest BCUT2D eigenvalue weighted by molar-refractivity contribution is 5.87. The third-order valence-corrected chi connectivity index (χ3v) is 4.20. The van der Waals surface area contributed by atoms with Gasteiger partial charge in [-0.05, 0) is 30.9 Å². The molecular formula is C16H20N2O2. The summed E-state index contributed by atoms with van der Waals surface area (Å²) in [6, 6.07) is 8.37. The van der Waals surface area contributed by atoms with Gasteiger partial charge in [-0.2, -0.15) is 0 Å². The fraction of sp³-hybridized carbons (Fsp3) is 0.500. The number of amides is 2. The summed E-state index contributed by atoms with van der Waals surface area (Å²) in [5.74, 6) is 0.167. The second-order valence-corrected chi connectivity index (χ2v) is 5.74. The van der Waals surface area contributed by atoms with Crippen molar-refractivity contribution < 1.29 is 9.59 Å². The Labute approximate surface area is 119 Å². The Hall–Kier alpha value is -1.84. The molecule has 4 heteroatoms. The molecule has 106 valence electrons. The number of nitrogens with zero attached hydrogens (tertiary/aromatic N) is 2. The minimum atomic E-state index is 0.0584. The lowest BCUT2D eigenvalue weighted by molar-refractivity contribution is -0.145. The molecule has 0 spiro atoms. The molecule has 1 aliphatic heterocycles. The maximum absolute atomic E-state index is 12.3. The van der Waals surface area contributed by atoms with Gasteiger partial charge in [-0.25, -0.2) is 0 Å². The van der Waals surface area contributed by atoms with Crippen LogP contribution in [-0.4, -0.2) is 47.3 Å². The Balaban J connectivity index is 1.61. The fourth-order valence-electron chi connectivity index (χ4n) is 2.75. The van der Waals surface area contributed by atoms with E-state index in [1.165, 1.54) is 0 Å². The normalized spacial score (nSPS) is 19.4. The average molecular weight is 272 g/mol. The number of benzene rings is 1. The molecular weight excluding hydrogens is 252 g/mol. The summed E-state index contributed by atoms with van der Waals surface area (Å²) in [6.07, 6.45) is 2.65. The highest BCUT2D eigenvalue weighted by Gasteiger charge is 2.36. The Morgan fingerprint density at radius 2 is 2.00 bits per heavy atom. The van der Waals surface area contributed by atoms with Crippen LogP contribution in [0, 0.1) is 6.92 Å². The zero-order chi connectivity index (χ0) is 14.1. The van der Waals surface area contributed by atoms with Gasteiger partial charge in [0.05, 0.1) is 13.0 Å². The quantitative estimate of drug-likeness (QED) is 0.834. The maximum Gasteiger partial charge on any atom is 0.242 e. The van der Waals surface area contributed by atoms with Gasteiger partial charge in [0.25, 0.3) is 0 Å². The van der Waals surface area contributed by atoms with Crippen molar-refractivity contribution in [2.45, 2.75) is 32.2 Å². The lowest BCUT2D eigenvalue weighted by atomic mass is 10.1. The van der Waals surface area contributed by atoms with Gasteiger partial charge < -0.3 is 9.80 Å². The van der Waals surface area contributed by atoms with Crippen LogP contribution >= 0.6 is 0 Å². The summed E-state index contributed by atoms with van der Waals surface area (Å²) in [5, 5.41) is 0. The lowest BCUT2D eigenvalue weighted by Gasteiger charge is -2.34. The van der Waals surface area contributed by atoms with Gasteiger partial charge in [0.1, 0.15) is 0 Å². The predicted molar refractivity (Wildman–Crippen MR) is 76.2 cm³/mol. The molecule has 1 saturated carbocycles. The molecule has 20 heavy (non-hydrogen) atoms. The number of piperazine rings is 1. The first kappa shape index (κ1) is 13.2.